The fourth-order valence-corrected chi connectivity index (χ4v) is 2.68. The van der Waals surface area contributed by atoms with E-state index in [1.807, 2.05) is 13.8 Å². The Kier molecular flexibility index (Phi) is 6.83. The summed E-state index contributed by atoms with van der Waals surface area (Å²) in [6.07, 6.45) is 3.81. The number of piperidine rings is 1. The minimum absolute atomic E-state index is 0.179. The molecule has 1 aromatic rings. The molecular weight excluding hydrogens is 264 g/mol. The van der Waals surface area contributed by atoms with Crippen LogP contribution in [-0.4, -0.2) is 39.1 Å². The fourth-order valence-electron chi connectivity index (χ4n) is 2.68. The second-order valence-corrected chi connectivity index (χ2v) is 5.32. The third kappa shape index (κ3) is 5.21. The number of nitrogens with zero attached hydrogens (tertiary/aromatic N) is 1. The number of ether oxygens (including phenoxy) is 2. The summed E-state index contributed by atoms with van der Waals surface area (Å²) in [7, 11) is 0. The van der Waals surface area contributed by atoms with Gasteiger partial charge in [-0.3, -0.25) is 0 Å². The smallest absolute Gasteiger partial charge is 0.174 e. The van der Waals surface area contributed by atoms with Gasteiger partial charge in [0.15, 0.2) is 6.29 Å². The van der Waals surface area contributed by atoms with Gasteiger partial charge >= 0.3 is 0 Å². The Hall–Kier alpha value is -1.26. The van der Waals surface area contributed by atoms with Crippen LogP contribution < -0.4 is 10.2 Å². The molecule has 1 N–H and O–H groups in total. The van der Waals surface area contributed by atoms with E-state index in [0.29, 0.717) is 19.8 Å². The molecule has 0 aromatic heterocycles. The van der Waals surface area contributed by atoms with Crippen molar-refractivity contribution in [1.29, 1.82) is 0 Å². The second-order valence-electron chi connectivity index (χ2n) is 5.32. The zero-order chi connectivity index (χ0) is 14.9. The number of nitrogens with one attached hydrogen (secondary N) is 1. The number of anilines is 2. The fraction of sp³-hybridized carbons (Fsp3) is 0.647. The van der Waals surface area contributed by atoms with Crippen molar-refractivity contribution >= 4 is 11.4 Å². The Morgan fingerprint density at radius 1 is 1.00 bits per heavy atom. The van der Waals surface area contributed by atoms with Crippen molar-refractivity contribution < 1.29 is 9.47 Å². The Morgan fingerprint density at radius 2 is 1.62 bits per heavy atom. The molecule has 1 aromatic carbocycles. The highest BCUT2D eigenvalue weighted by Gasteiger charge is 2.11. The predicted octanol–water partition coefficient (Wildman–Crippen LogP) is 3.49. The van der Waals surface area contributed by atoms with E-state index in [4.69, 9.17) is 9.47 Å². The number of rotatable bonds is 8. The van der Waals surface area contributed by atoms with E-state index in [1.165, 1.54) is 38.0 Å². The molecule has 118 valence electrons. The minimum Gasteiger partial charge on any atom is -0.380 e. The van der Waals surface area contributed by atoms with Gasteiger partial charge in [0.2, 0.25) is 0 Å². The molecule has 1 heterocycles. The van der Waals surface area contributed by atoms with Crippen LogP contribution in [0.15, 0.2) is 24.3 Å². The van der Waals surface area contributed by atoms with Crippen molar-refractivity contribution in [1.82, 2.24) is 0 Å². The maximum atomic E-state index is 5.53. The van der Waals surface area contributed by atoms with E-state index in [1.54, 1.807) is 0 Å². The monoisotopic (exact) mass is 292 g/mol. The average Bonchev–Trinajstić information content (AvgIpc) is 2.54. The molecule has 1 aliphatic rings. The summed E-state index contributed by atoms with van der Waals surface area (Å²) in [4.78, 5) is 2.47. The largest absolute Gasteiger partial charge is 0.380 e. The molecule has 0 atom stereocenters. The molecular formula is C17H28N2O2. The third-order valence-electron chi connectivity index (χ3n) is 3.77. The molecule has 0 bridgehead atoms. The topological polar surface area (TPSA) is 33.7 Å². The highest BCUT2D eigenvalue weighted by molar-refractivity contribution is 5.55. The van der Waals surface area contributed by atoms with Crippen molar-refractivity contribution in [3.8, 4) is 0 Å². The van der Waals surface area contributed by atoms with Gasteiger partial charge in [-0.1, -0.05) is 0 Å². The van der Waals surface area contributed by atoms with Crippen LogP contribution in [0.25, 0.3) is 0 Å². The van der Waals surface area contributed by atoms with Gasteiger partial charge in [0.25, 0.3) is 0 Å². The van der Waals surface area contributed by atoms with Crippen LogP contribution >= 0.6 is 0 Å². The van der Waals surface area contributed by atoms with Crippen molar-refractivity contribution in [3.63, 3.8) is 0 Å². The van der Waals surface area contributed by atoms with Gasteiger partial charge in [-0.25, -0.2) is 0 Å². The summed E-state index contributed by atoms with van der Waals surface area (Å²) in [5, 5.41) is 3.38. The highest BCUT2D eigenvalue weighted by Crippen LogP contribution is 2.21. The predicted molar refractivity (Wildman–Crippen MR) is 88.0 cm³/mol. The molecule has 2 rings (SSSR count). The van der Waals surface area contributed by atoms with Crippen LogP contribution in [0, 0.1) is 0 Å². The molecule has 1 aliphatic heterocycles. The zero-order valence-corrected chi connectivity index (χ0v) is 13.3. The summed E-state index contributed by atoms with van der Waals surface area (Å²) >= 11 is 0. The van der Waals surface area contributed by atoms with Crippen molar-refractivity contribution in [2.24, 2.45) is 0 Å². The normalized spacial score (nSPS) is 15.5. The van der Waals surface area contributed by atoms with Gasteiger partial charge in [-0.05, 0) is 57.4 Å². The first kappa shape index (κ1) is 16.1. The molecule has 1 saturated heterocycles. The van der Waals surface area contributed by atoms with Crippen molar-refractivity contribution in [2.75, 3.05) is 43.1 Å². The molecule has 0 radical (unpaired) electrons. The van der Waals surface area contributed by atoms with E-state index in [2.05, 4.69) is 34.5 Å². The highest BCUT2D eigenvalue weighted by atomic mass is 16.7. The molecule has 4 nitrogen and oxygen atoms in total. The standard InChI is InChI=1S/C17H28N2O2/c1-3-20-17(21-4-2)14-18-15-8-10-16(11-9-15)19-12-6-5-7-13-19/h8-11,17-18H,3-7,12-14H2,1-2H3. The lowest BCUT2D eigenvalue weighted by molar-refractivity contribution is -0.126. The van der Waals surface area contributed by atoms with E-state index >= 15 is 0 Å². The van der Waals surface area contributed by atoms with Gasteiger partial charge in [0.1, 0.15) is 0 Å². The SMILES string of the molecule is CCOC(CNc1ccc(N2CCCCC2)cc1)OCC. The van der Waals surface area contributed by atoms with Gasteiger partial charge in [0.05, 0.1) is 6.54 Å². The molecule has 0 aliphatic carbocycles. The van der Waals surface area contributed by atoms with Gasteiger partial charge in [-0.2, -0.15) is 0 Å². The van der Waals surface area contributed by atoms with Gasteiger partial charge in [-0.15, -0.1) is 0 Å². The first-order chi connectivity index (χ1) is 10.3. The molecule has 0 unspecified atom stereocenters. The lowest BCUT2D eigenvalue weighted by Crippen LogP contribution is -2.29. The Balaban J connectivity index is 1.83. The maximum absolute atomic E-state index is 5.53. The van der Waals surface area contributed by atoms with Crippen LogP contribution in [0.5, 0.6) is 0 Å². The summed E-state index contributed by atoms with van der Waals surface area (Å²) in [5.74, 6) is 0. The molecule has 1 fully saturated rings. The first-order valence-electron chi connectivity index (χ1n) is 8.15. The van der Waals surface area contributed by atoms with Crippen LogP contribution in [0.2, 0.25) is 0 Å². The summed E-state index contributed by atoms with van der Waals surface area (Å²) in [6, 6.07) is 8.67. The Bertz CT molecular complexity index is 382. The summed E-state index contributed by atoms with van der Waals surface area (Å²) in [6.45, 7) is 8.34. The van der Waals surface area contributed by atoms with Gasteiger partial charge in [0, 0.05) is 37.7 Å². The van der Waals surface area contributed by atoms with E-state index in [9.17, 15) is 0 Å². The number of benzene rings is 1. The average molecular weight is 292 g/mol. The second kappa shape index (κ2) is 8.90. The lowest BCUT2D eigenvalue weighted by Gasteiger charge is -2.29. The molecule has 0 amide bonds. The minimum atomic E-state index is -0.179. The molecule has 4 heteroatoms. The summed E-state index contributed by atoms with van der Waals surface area (Å²) in [5.41, 5.74) is 2.44. The molecule has 0 saturated carbocycles. The van der Waals surface area contributed by atoms with E-state index < -0.39 is 0 Å². The quantitative estimate of drug-likeness (QED) is 0.744. The van der Waals surface area contributed by atoms with E-state index in [0.717, 1.165) is 5.69 Å². The van der Waals surface area contributed by atoms with Crippen molar-refractivity contribution in [2.45, 2.75) is 39.4 Å². The Morgan fingerprint density at radius 3 is 2.19 bits per heavy atom. The lowest BCUT2D eigenvalue weighted by atomic mass is 10.1. The number of hydrogen-bond donors (Lipinski definition) is 1. The van der Waals surface area contributed by atoms with Crippen LogP contribution in [0.3, 0.4) is 0 Å². The van der Waals surface area contributed by atoms with Crippen molar-refractivity contribution in [3.05, 3.63) is 24.3 Å². The molecule has 21 heavy (non-hydrogen) atoms. The van der Waals surface area contributed by atoms with Crippen LogP contribution in [0.4, 0.5) is 11.4 Å². The Labute approximate surface area is 128 Å². The van der Waals surface area contributed by atoms with Gasteiger partial charge < -0.3 is 19.7 Å². The zero-order valence-electron chi connectivity index (χ0n) is 13.3. The first-order valence-corrected chi connectivity index (χ1v) is 8.15. The van der Waals surface area contributed by atoms with E-state index in [-0.39, 0.29) is 6.29 Å². The van der Waals surface area contributed by atoms with Crippen LogP contribution in [-0.2, 0) is 9.47 Å². The summed E-state index contributed by atoms with van der Waals surface area (Å²) < 4.78 is 11.1. The maximum Gasteiger partial charge on any atom is 0.174 e. The number of hydrogen-bond acceptors (Lipinski definition) is 4. The molecule has 0 spiro atoms. The third-order valence-corrected chi connectivity index (χ3v) is 3.77. The van der Waals surface area contributed by atoms with Crippen LogP contribution in [0.1, 0.15) is 33.1 Å².